The first-order valence-corrected chi connectivity index (χ1v) is 6.02. The van der Waals surface area contributed by atoms with E-state index in [1.807, 2.05) is 0 Å². The zero-order chi connectivity index (χ0) is 14.6. The van der Waals surface area contributed by atoms with Crippen LogP contribution in [-0.2, 0) is 9.53 Å². The number of carboxylic acids is 1. The van der Waals surface area contributed by atoms with E-state index in [2.05, 4.69) is 5.32 Å². The largest absolute Gasteiger partial charge is 0.480 e. The summed E-state index contributed by atoms with van der Waals surface area (Å²) in [5, 5.41) is 11.6. The highest BCUT2D eigenvalue weighted by Gasteiger charge is 2.18. The molecule has 0 saturated carbocycles. The minimum Gasteiger partial charge on any atom is -0.480 e. The number of esters is 1. The zero-order valence-corrected chi connectivity index (χ0v) is 11.6. The molecule has 0 fully saturated rings. The highest BCUT2D eigenvalue weighted by atomic mass is 16.6. The Labute approximate surface area is 112 Å². The normalized spacial score (nSPS) is 12.6. The van der Waals surface area contributed by atoms with Crippen LogP contribution in [0.15, 0.2) is 24.3 Å². The number of benzene rings is 1. The molecule has 0 heterocycles. The van der Waals surface area contributed by atoms with Gasteiger partial charge in [0, 0.05) is 5.69 Å². The molecule has 0 spiro atoms. The average molecular weight is 265 g/mol. The molecule has 0 aliphatic rings. The molecule has 0 amide bonds. The monoisotopic (exact) mass is 265 g/mol. The molecule has 0 aliphatic carbocycles. The predicted octanol–water partition coefficient (Wildman–Crippen LogP) is 2.53. The molecule has 0 radical (unpaired) electrons. The second kappa shape index (κ2) is 5.73. The van der Waals surface area contributed by atoms with Crippen LogP contribution in [0.1, 0.15) is 38.1 Å². The smallest absolute Gasteiger partial charge is 0.338 e. The average Bonchev–Trinajstić information content (AvgIpc) is 2.27. The Hall–Kier alpha value is -2.04. The Morgan fingerprint density at radius 1 is 1.32 bits per heavy atom. The van der Waals surface area contributed by atoms with E-state index in [9.17, 15) is 9.59 Å². The summed E-state index contributed by atoms with van der Waals surface area (Å²) >= 11 is 0. The first-order chi connectivity index (χ1) is 8.69. The van der Waals surface area contributed by atoms with Gasteiger partial charge in [-0.1, -0.05) is 6.07 Å². The van der Waals surface area contributed by atoms with Crippen LogP contribution in [0.5, 0.6) is 0 Å². The summed E-state index contributed by atoms with van der Waals surface area (Å²) in [5.41, 5.74) is 0.394. The minimum atomic E-state index is -0.956. The van der Waals surface area contributed by atoms with E-state index in [0.29, 0.717) is 11.3 Å². The fourth-order valence-corrected chi connectivity index (χ4v) is 1.38. The number of ether oxygens (including phenoxy) is 1. The lowest BCUT2D eigenvalue weighted by atomic mass is 10.1. The van der Waals surface area contributed by atoms with Gasteiger partial charge in [-0.15, -0.1) is 0 Å². The molecule has 1 atom stereocenters. The van der Waals surface area contributed by atoms with E-state index >= 15 is 0 Å². The van der Waals surface area contributed by atoms with Gasteiger partial charge >= 0.3 is 11.9 Å². The number of rotatable bonds is 4. The summed E-state index contributed by atoms with van der Waals surface area (Å²) in [4.78, 5) is 22.6. The van der Waals surface area contributed by atoms with E-state index in [-0.39, 0.29) is 0 Å². The van der Waals surface area contributed by atoms with Crippen molar-refractivity contribution in [2.75, 3.05) is 5.32 Å². The molecule has 0 aliphatic heterocycles. The summed E-state index contributed by atoms with van der Waals surface area (Å²) in [6.07, 6.45) is 0. The number of aliphatic carboxylic acids is 1. The summed E-state index contributed by atoms with van der Waals surface area (Å²) in [6, 6.07) is 5.86. The molecule has 1 aromatic rings. The Kier molecular flexibility index (Phi) is 4.53. The quantitative estimate of drug-likeness (QED) is 0.818. The van der Waals surface area contributed by atoms with Crippen LogP contribution in [0.3, 0.4) is 0 Å². The molecule has 0 aromatic heterocycles. The summed E-state index contributed by atoms with van der Waals surface area (Å²) in [5.74, 6) is -1.39. The van der Waals surface area contributed by atoms with Crippen LogP contribution in [0, 0.1) is 0 Å². The van der Waals surface area contributed by atoms with Crippen LogP contribution in [0.4, 0.5) is 5.69 Å². The van der Waals surface area contributed by atoms with Crippen LogP contribution in [0.25, 0.3) is 0 Å². The van der Waals surface area contributed by atoms with Gasteiger partial charge in [-0.25, -0.2) is 4.79 Å². The van der Waals surface area contributed by atoms with Gasteiger partial charge in [0.15, 0.2) is 0 Å². The zero-order valence-electron chi connectivity index (χ0n) is 11.6. The highest BCUT2D eigenvalue weighted by Crippen LogP contribution is 2.16. The lowest BCUT2D eigenvalue weighted by molar-refractivity contribution is -0.137. The van der Waals surface area contributed by atoms with Gasteiger partial charge in [-0.2, -0.15) is 0 Å². The van der Waals surface area contributed by atoms with E-state index in [0.717, 1.165) is 0 Å². The van der Waals surface area contributed by atoms with Crippen LogP contribution in [-0.4, -0.2) is 28.7 Å². The van der Waals surface area contributed by atoms with Gasteiger partial charge in [0.25, 0.3) is 0 Å². The molecule has 1 unspecified atom stereocenters. The van der Waals surface area contributed by atoms with Crippen molar-refractivity contribution in [3.05, 3.63) is 29.8 Å². The SMILES string of the molecule is CC(Nc1cccc(C(=O)OC(C)(C)C)c1)C(=O)O. The molecule has 1 rings (SSSR count). The summed E-state index contributed by atoms with van der Waals surface area (Å²) < 4.78 is 5.25. The van der Waals surface area contributed by atoms with E-state index in [4.69, 9.17) is 9.84 Å². The van der Waals surface area contributed by atoms with E-state index < -0.39 is 23.6 Å². The third-order valence-electron chi connectivity index (χ3n) is 2.25. The molecule has 5 heteroatoms. The molecule has 104 valence electrons. The molecule has 2 N–H and O–H groups in total. The molecular weight excluding hydrogens is 246 g/mol. The minimum absolute atomic E-state index is 0.387. The van der Waals surface area contributed by atoms with Gasteiger partial charge in [0.1, 0.15) is 11.6 Å². The Bertz CT molecular complexity index is 477. The molecule has 5 nitrogen and oxygen atoms in total. The second-order valence-electron chi connectivity index (χ2n) is 5.29. The van der Waals surface area contributed by atoms with Crippen LogP contribution < -0.4 is 5.32 Å². The fraction of sp³-hybridized carbons (Fsp3) is 0.429. The number of hydrogen-bond acceptors (Lipinski definition) is 4. The van der Waals surface area contributed by atoms with Gasteiger partial charge < -0.3 is 15.2 Å². The van der Waals surface area contributed by atoms with Crippen molar-refractivity contribution in [1.82, 2.24) is 0 Å². The van der Waals surface area contributed by atoms with E-state index in [1.165, 1.54) is 6.92 Å². The van der Waals surface area contributed by atoms with Crippen LogP contribution >= 0.6 is 0 Å². The van der Waals surface area contributed by atoms with Gasteiger partial charge in [-0.3, -0.25) is 4.79 Å². The topological polar surface area (TPSA) is 75.6 Å². The summed E-state index contributed by atoms with van der Waals surface area (Å²) in [6.45, 7) is 6.90. The Balaban J connectivity index is 2.82. The van der Waals surface area contributed by atoms with E-state index in [1.54, 1.807) is 45.0 Å². The van der Waals surface area contributed by atoms with Crippen molar-refractivity contribution in [2.45, 2.75) is 39.3 Å². The maximum Gasteiger partial charge on any atom is 0.338 e. The number of nitrogens with one attached hydrogen (secondary N) is 1. The molecule has 19 heavy (non-hydrogen) atoms. The van der Waals surface area contributed by atoms with Gasteiger partial charge in [0.05, 0.1) is 5.56 Å². The third kappa shape index (κ3) is 4.99. The van der Waals surface area contributed by atoms with Crippen molar-refractivity contribution in [3.63, 3.8) is 0 Å². The van der Waals surface area contributed by atoms with Crippen molar-refractivity contribution in [3.8, 4) is 0 Å². The predicted molar refractivity (Wildman–Crippen MR) is 72.3 cm³/mol. The molecule has 0 saturated heterocycles. The van der Waals surface area contributed by atoms with Crippen molar-refractivity contribution in [1.29, 1.82) is 0 Å². The van der Waals surface area contributed by atoms with Gasteiger partial charge in [-0.05, 0) is 45.9 Å². The maximum atomic E-state index is 11.9. The van der Waals surface area contributed by atoms with Crippen LogP contribution in [0.2, 0.25) is 0 Å². The lowest BCUT2D eigenvalue weighted by Gasteiger charge is -2.20. The molecule has 0 bridgehead atoms. The standard InChI is InChI=1S/C14H19NO4/c1-9(12(16)17)15-11-7-5-6-10(8-11)13(18)19-14(2,3)4/h5-9,15H,1-4H3,(H,16,17). The molecular formula is C14H19NO4. The number of anilines is 1. The van der Waals surface area contributed by atoms with Gasteiger partial charge in [0.2, 0.25) is 0 Å². The number of carbonyl (C=O) groups excluding carboxylic acids is 1. The Morgan fingerprint density at radius 2 is 1.95 bits per heavy atom. The first kappa shape index (κ1) is 15.0. The number of carboxylic acid groups (broad SMARTS) is 1. The second-order valence-corrected chi connectivity index (χ2v) is 5.29. The summed E-state index contributed by atoms with van der Waals surface area (Å²) in [7, 11) is 0. The number of hydrogen-bond donors (Lipinski definition) is 2. The lowest BCUT2D eigenvalue weighted by Crippen LogP contribution is -2.26. The van der Waals surface area contributed by atoms with Crippen molar-refractivity contribution >= 4 is 17.6 Å². The fourth-order valence-electron chi connectivity index (χ4n) is 1.38. The highest BCUT2D eigenvalue weighted by molar-refractivity contribution is 5.91. The maximum absolute atomic E-state index is 11.9. The van der Waals surface area contributed by atoms with Crippen molar-refractivity contribution in [2.24, 2.45) is 0 Å². The molecule has 1 aromatic carbocycles. The third-order valence-corrected chi connectivity index (χ3v) is 2.25. The van der Waals surface area contributed by atoms with Crippen molar-refractivity contribution < 1.29 is 19.4 Å². The first-order valence-electron chi connectivity index (χ1n) is 6.02. The Morgan fingerprint density at radius 3 is 2.47 bits per heavy atom. The number of carbonyl (C=O) groups is 2.